The lowest BCUT2D eigenvalue weighted by Crippen LogP contribution is -2.48. The molecule has 1 aliphatic rings. The fraction of sp³-hybridized carbons (Fsp3) is 0.625. The number of benzene rings is 1. The molecule has 1 nitrogen and oxygen atoms in total. The van der Waals surface area contributed by atoms with Gasteiger partial charge in [-0.05, 0) is 48.1 Å². The van der Waals surface area contributed by atoms with Crippen molar-refractivity contribution in [3.05, 3.63) is 34.3 Å². The van der Waals surface area contributed by atoms with E-state index in [1.807, 2.05) is 6.07 Å². The van der Waals surface area contributed by atoms with E-state index < -0.39 is 0 Å². The first kappa shape index (κ1) is 13.9. The zero-order valence-electron chi connectivity index (χ0n) is 12.0. The summed E-state index contributed by atoms with van der Waals surface area (Å²) in [5.74, 6) is 0. The summed E-state index contributed by atoms with van der Waals surface area (Å²) in [6.07, 6.45) is 2.34. The Labute approximate surface area is 116 Å². The lowest BCUT2D eigenvalue weighted by atomic mass is 9.78. The number of rotatable bonds is 2. The van der Waals surface area contributed by atoms with Crippen LogP contribution in [0.25, 0.3) is 0 Å². The van der Waals surface area contributed by atoms with Gasteiger partial charge in [-0.2, -0.15) is 0 Å². The van der Waals surface area contributed by atoms with Gasteiger partial charge < -0.3 is 0 Å². The minimum Gasteiger partial charge on any atom is -0.295 e. The zero-order chi connectivity index (χ0) is 13.3. The van der Waals surface area contributed by atoms with Crippen LogP contribution in [0.15, 0.2) is 18.2 Å². The van der Waals surface area contributed by atoms with Gasteiger partial charge in [-0.25, -0.2) is 0 Å². The molecule has 0 spiro atoms. The fourth-order valence-electron chi connectivity index (χ4n) is 2.98. The Morgan fingerprint density at radius 1 is 1.28 bits per heavy atom. The van der Waals surface area contributed by atoms with Crippen molar-refractivity contribution in [3.63, 3.8) is 0 Å². The maximum atomic E-state index is 6.12. The Bertz CT molecular complexity index is 420. The molecule has 0 saturated carbocycles. The smallest absolute Gasteiger partial charge is 0.0408 e. The average Bonchev–Trinajstić information content (AvgIpc) is 2.27. The molecule has 0 fully saturated rings. The molecule has 100 valence electrons. The van der Waals surface area contributed by atoms with Crippen molar-refractivity contribution < 1.29 is 0 Å². The van der Waals surface area contributed by atoms with Crippen LogP contribution < -0.4 is 0 Å². The maximum Gasteiger partial charge on any atom is 0.0408 e. The highest BCUT2D eigenvalue weighted by Gasteiger charge is 2.33. The highest BCUT2D eigenvalue weighted by atomic mass is 35.5. The molecular formula is C16H24ClN. The Morgan fingerprint density at radius 3 is 2.61 bits per heavy atom. The largest absolute Gasteiger partial charge is 0.295 e. The minimum absolute atomic E-state index is 0.315. The van der Waals surface area contributed by atoms with Crippen molar-refractivity contribution in [2.24, 2.45) is 5.41 Å². The van der Waals surface area contributed by atoms with Crippen LogP contribution in [0.4, 0.5) is 0 Å². The molecule has 1 aromatic rings. The molecule has 0 N–H and O–H groups in total. The summed E-state index contributed by atoms with van der Waals surface area (Å²) in [5, 5.41) is 0.866. The second kappa shape index (κ2) is 5.22. The van der Waals surface area contributed by atoms with Crippen LogP contribution >= 0.6 is 11.6 Å². The van der Waals surface area contributed by atoms with Crippen LogP contribution in [-0.4, -0.2) is 17.5 Å². The average molecular weight is 266 g/mol. The van der Waals surface area contributed by atoms with Crippen LogP contribution in [0.1, 0.15) is 45.2 Å². The summed E-state index contributed by atoms with van der Waals surface area (Å²) in [6.45, 7) is 11.5. The monoisotopic (exact) mass is 265 g/mol. The molecule has 1 heterocycles. The van der Waals surface area contributed by atoms with E-state index in [1.54, 1.807) is 0 Å². The standard InChI is InChI=1S/C16H24ClN/c1-5-8-18-11-12-6-7-14(17)9-13(12)10-15(18)16(2,3)4/h6-7,9,15H,5,8,10-11H2,1-4H3. The molecular weight excluding hydrogens is 242 g/mol. The number of fused-ring (bicyclic) bond motifs is 1. The van der Waals surface area contributed by atoms with Crippen molar-refractivity contribution in [2.75, 3.05) is 6.54 Å². The quantitative estimate of drug-likeness (QED) is 0.760. The summed E-state index contributed by atoms with van der Waals surface area (Å²) < 4.78 is 0. The predicted molar refractivity (Wildman–Crippen MR) is 79.1 cm³/mol. The van der Waals surface area contributed by atoms with Crippen molar-refractivity contribution in [1.82, 2.24) is 4.90 Å². The van der Waals surface area contributed by atoms with Crippen LogP contribution in [0.5, 0.6) is 0 Å². The van der Waals surface area contributed by atoms with E-state index in [9.17, 15) is 0 Å². The number of halogens is 1. The highest BCUT2D eigenvalue weighted by molar-refractivity contribution is 6.30. The summed E-state index contributed by atoms with van der Waals surface area (Å²) >= 11 is 6.12. The van der Waals surface area contributed by atoms with E-state index in [0.29, 0.717) is 11.5 Å². The van der Waals surface area contributed by atoms with Crippen LogP contribution in [0, 0.1) is 5.41 Å². The molecule has 0 aliphatic carbocycles. The number of nitrogens with zero attached hydrogens (tertiary/aromatic N) is 1. The summed E-state index contributed by atoms with van der Waals surface area (Å²) in [4.78, 5) is 2.64. The van der Waals surface area contributed by atoms with Gasteiger partial charge in [-0.3, -0.25) is 4.90 Å². The van der Waals surface area contributed by atoms with E-state index in [1.165, 1.54) is 24.1 Å². The van der Waals surface area contributed by atoms with E-state index in [-0.39, 0.29) is 0 Å². The lowest BCUT2D eigenvalue weighted by molar-refractivity contribution is 0.0809. The van der Waals surface area contributed by atoms with E-state index in [4.69, 9.17) is 11.6 Å². The Morgan fingerprint density at radius 2 is 2.00 bits per heavy atom. The van der Waals surface area contributed by atoms with Gasteiger partial charge in [0.05, 0.1) is 0 Å². The normalized spacial score (nSPS) is 20.8. The van der Waals surface area contributed by atoms with E-state index in [2.05, 4.69) is 44.7 Å². The topological polar surface area (TPSA) is 3.24 Å². The summed E-state index contributed by atoms with van der Waals surface area (Å²) in [5.41, 5.74) is 3.21. The summed E-state index contributed by atoms with van der Waals surface area (Å²) in [6, 6.07) is 6.98. The second-order valence-electron chi connectivity index (χ2n) is 6.47. The molecule has 0 bridgehead atoms. The minimum atomic E-state index is 0.315. The van der Waals surface area contributed by atoms with Crippen LogP contribution in [-0.2, 0) is 13.0 Å². The number of hydrogen-bond donors (Lipinski definition) is 0. The molecule has 18 heavy (non-hydrogen) atoms. The zero-order valence-corrected chi connectivity index (χ0v) is 12.7. The third-order valence-electron chi connectivity index (χ3n) is 3.91. The maximum absolute atomic E-state index is 6.12. The van der Waals surface area contributed by atoms with E-state index >= 15 is 0 Å². The highest BCUT2D eigenvalue weighted by Crippen LogP contribution is 2.34. The van der Waals surface area contributed by atoms with Crippen molar-refractivity contribution in [1.29, 1.82) is 0 Å². The van der Waals surface area contributed by atoms with Gasteiger partial charge in [-0.1, -0.05) is 45.4 Å². The first-order valence-corrected chi connectivity index (χ1v) is 7.31. The van der Waals surface area contributed by atoms with Gasteiger partial charge in [0, 0.05) is 17.6 Å². The third-order valence-corrected chi connectivity index (χ3v) is 4.14. The molecule has 1 unspecified atom stereocenters. The molecule has 0 radical (unpaired) electrons. The third kappa shape index (κ3) is 2.89. The lowest BCUT2D eigenvalue weighted by Gasteiger charge is -2.44. The molecule has 2 rings (SSSR count). The Kier molecular flexibility index (Phi) is 4.03. The first-order valence-electron chi connectivity index (χ1n) is 6.93. The second-order valence-corrected chi connectivity index (χ2v) is 6.91. The van der Waals surface area contributed by atoms with Crippen LogP contribution in [0.3, 0.4) is 0 Å². The molecule has 2 heteroatoms. The Hall–Kier alpha value is -0.530. The van der Waals surface area contributed by atoms with Gasteiger partial charge in [0.15, 0.2) is 0 Å². The molecule has 1 aliphatic heterocycles. The van der Waals surface area contributed by atoms with Gasteiger partial charge >= 0.3 is 0 Å². The van der Waals surface area contributed by atoms with E-state index in [0.717, 1.165) is 18.0 Å². The molecule has 1 aromatic carbocycles. The van der Waals surface area contributed by atoms with Gasteiger partial charge in [-0.15, -0.1) is 0 Å². The predicted octanol–water partition coefficient (Wildman–Crippen LogP) is 4.52. The van der Waals surface area contributed by atoms with Gasteiger partial charge in [0.1, 0.15) is 0 Å². The summed E-state index contributed by atoms with van der Waals surface area (Å²) in [7, 11) is 0. The molecule has 0 saturated heterocycles. The fourth-order valence-corrected chi connectivity index (χ4v) is 3.18. The van der Waals surface area contributed by atoms with Crippen molar-refractivity contribution in [3.8, 4) is 0 Å². The van der Waals surface area contributed by atoms with Gasteiger partial charge in [0.25, 0.3) is 0 Å². The molecule has 1 atom stereocenters. The number of hydrogen-bond acceptors (Lipinski definition) is 1. The van der Waals surface area contributed by atoms with Crippen molar-refractivity contribution in [2.45, 2.75) is 53.1 Å². The molecule has 0 amide bonds. The van der Waals surface area contributed by atoms with Gasteiger partial charge in [0.2, 0.25) is 0 Å². The van der Waals surface area contributed by atoms with Crippen LogP contribution in [0.2, 0.25) is 5.02 Å². The first-order chi connectivity index (χ1) is 8.41. The van der Waals surface area contributed by atoms with Crippen molar-refractivity contribution >= 4 is 11.6 Å². The SMILES string of the molecule is CCCN1Cc2ccc(Cl)cc2CC1C(C)(C)C. The molecule has 0 aromatic heterocycles. The Balaban J connectivity index is 2.31.